The third-order valence-electron chi connectivity index (χ3n) is 3.78. The third-order valence-corrected chi connectivity index (χ3v) is 3.78. The number of amides is 1. The molecule has 0 spiro atoms. The fourth-order valence-electron chi connectivity index (χ4n) is 2.55. The van der Waals surface area contributed by atoms with Crippen LogP contribution in [-0.4, -0.2) is 54.8 Å². The number of rotatable bonds is 8. The maximum atomic E-state index is 13.2. The summed E-state index contributed by atoms with van der Waals surface area (Å²) in [5, 5.41) is 15.0. The Balaban J connectivity index is 1.84. The quantitative estimate of drug-likeness (QED) is 0.583. The van der Waals surface area contributed by atoms with E-state index >= 15 is 0 Å². The average molecular weight is 357 g/mol. The number of hydrogen-bond acceptors (Lipinski definition) is 8. The molecule has 0 unspecified atom stereocenters. The van der Waals surface area contributed by atoms with Crippen LogP contribution in [0.5, 0.6) is 0 Å². The number of tetrazole rings is 1. The van der Waals surface area contributed by atoms with Crippen LogP contribution in [0.3, 0.4) is 0 Å². The van der Waals surface area contributed by atoms with Crippen LogP contribution in [0.1, 0.15) is 30.2 Å². The van der Waals surface area contributed by atoms with Gasteiger partial charge in [-0.1, -0.05) is 35.5 Å². The van der Waals surface area contributed by atoms with Crippen LogP contribution in [0.2, 0.25) is 0 Å². The van der Waals surface area contributed by atoms with E-state index in [0.29, 0.717) is 18.3 Å². The molecule has 1 aromatic carbocycles. The summed E-state index contributed by atoms with van der Waals surface area (Å²) in [6, 6.07) is 8.67. The molecule has 0 bridgehead atoms. The normalized spacial score (nSPS) is 12.1. The van der Waals surface area contributed by atoms with Gasteiger partial charge in [0.1, 0.15) is 19.5 Å². The molecule has 0 aliphatic carbocycles. The highest BCUT2D eigenvalue weighted by Crippen LogP contribution is 2.20. The Morgan fingerprint density at radius 3 is 2.81 bits per heavy atom. The molecule has 0 saturated heterocycles. The Morgan fingerprint density at radius 1 is 1.35 bits per heavy atom. The zero-order valence-electron chi connectivity index (χ0n) is 14.5. The van der Waals surface area contributed by atoms with E-state index < -0.39 is 6.04 Å². The summed E-state index contributed by atoms with van der Waals surface area (Å²) in [4.78, 5) is 19.0. The summed E-state index contributed by atoms with van der Waals surface area (Å²) in [7, 11) is 1.55. The van der Waals surface area contributed by atoms with Crippen LogP contribution >= 0.6 is 0 Å². The van der Waals surface area contributed by atoms with Crippen molar-refractivity contribution in [1.29, 1.82) is 0 Å². The van der Waals surface area contributed by atoms with Crippen LogP contribution in [0, 0.1) is 0 Å². The summed E-state index contributed by atoms with van der Waals surface area (Å²) >= 11 is 0. The molecule has 3 rings (SSSR count). The van der Waals surface area contributed by atoms with E-state index in [1.165, 1.54) is 11.0 Å². The fourth-order valence-corrected chi connectivity index (χ4v) is 2.55. The lowest BCUT2D eigenvalue weighted by molar-refractivity contribution is -0.134. The molecule has 26 heavy (non-hydrogen) atoms. The lowest BCUT2D eigenvalue weighted by atomic mass is 10.1. The maximum Gasteiger partial charge on any atom is 0.252 e. The molecule has 2 aromatic heterocycles. The minimum atomic E-state index is -0.674. The molecule has 0 fully saturated rings. The second-order valence-electron chi connectivity index (χ2n) is 5.49. The summed E-state index contributed by atoms with van der Waals surface area (Å²) in [6.07, 6.45) is 1.42. The Kier molecular flexibility index (Phi) is 5.64. The lowest BCUT2D eigenvalue weighted by Gasteiger charge is -2.25. The van der Waals surface area contributed by atoms with Crippen LogP contribution in [-0.2, 0) is 22.7 Å². The molecule has 2 heterocycles. The molecule has 0 aliphatic rings. The molecule has 10 heteroatoms. The van der Waals surface area contributed by atoms with Gasteiger partial charge in [-0.05, 0) is 22.9 Å². The number of ether oxygens (including phenoxy) is 1. The highest BCUT2D eigenvalue weighted by atomic mass is 16.5. The van der Waals surface area contributed by atoms with Crippen molar-refractivity contribution < 1.29 is 14.1 Å². The van der Waals surface area contributed by atoms with Gasteiger partial charge >= 0.3 is 0 Å². The number of benzene rings is 1. The van der Waals surface area contributed by atoms with Crippen molar-refractivity contribution in [1.82, 2.24) is 35.2 Å². The molecule has 0 saturated carbocycles. The van der Waals surface area contributed by atoms with Crippen molar-refractivity contribution in [3.8, 4) is 0 Å². The number of methoxy groups -OCH3 is 1. The summed E-state index contributed by atoms with van der Waals surface area (Å²) in [5.41, 5.74) is 0.786. The number of carbonyl (C=O) groups is 1. The van der Waals surface area contributed by atoms with Crippen molar-refractivity contribution in [2.24, 2.45) is 0 Å². The topological polar surface area (TPSA) is 112 Å². The maximum absolute atomic E-state index is 13.2. The van der Waals surface area contributed by atoms with Crippen molar-refractivity contribution in [3.63, 3.8) is 0 Å². The van der Waals surface area contributed by atoms with Crippen LogP contribution in [0.4, 0.5) is 0 Å². The summed E-state index contributed by atoms with van der Waals surface area (Å²) in [5.74, 6) is 0.611. The van der Waals surface area contributed by atoms with E-state index in [1.54, 1.807) is 12.0 Å². The number of carbonyl (C=O) groups excluding carboxylic acids is 1. The van der Waals surface area contributed by atoms with Gasteiger partial charge in [0, 0.05) is 13.7 Å². The number of likely N-dealkylation sites (N-methyl/N-ethyl adjacent to an activating group) is 1. The molecular weight excluding hydrogens is 338 g/mol. The van der Waals surface area contributed by atoms with E-state index in [0.717, 1.165) is 5.56 Å². The van der Waals surface area contributed by atoms with Gasteiger partial charge in [0.2, 0.25) is 5.89 Å². The molecular formula is C16H19N7O3. The minimum Gasteiger partial charge on any atom is -0.377 e. The molecule has 10 nitrogen and oxygen atoms in total. The molecule has 0 N–H and O–H groups in total. The van der Waals surface area contributed by atoms with Gasteiger partial charge in [-0.25, -0.2) is 4.68 Å². The SMILES string of the molecule is CCN(Cc1nc(COC)no1)C(=O)[C@@H](c1ccccc1)n1cnnn1. The standard InChI is InChI=1S/C16H19N7O3/c1-3-22(9-14-18-13(10-25-2)19-26-14)16(24)15(23-11-17-20-21-23)12-7-5-4-6-8-12/h4-8,11,15H,3,9-10H2,1-2H3/t15-/m1/s1. The molecule has 3 aromatic rings. The van der Waals surface area contributed by atoms with Gasteiger partial charge in [-0.2, -0.15) is 4.98 Å². The number of hydrogen-bond donors (Lipinski definition) is 0. The van der Waals surface area contributed by atoms with Gasteiger partial charge in [0.05, 0.1) is 0 Å². The predicted octanol–water partition coefficient (Wildman–Crippen LogP) is 0.841. The second-order valence-corrected chi connectivity index (χ2v) is 5.49. The first-order valence-electron chi connectivity index (χ1n) is 8.09. The Morgan fingerprint density at radius 2 is 2.15 bits per heavy atom. The monoisotopic (exact) mass is 357 g/mol. The van der Waals surface area contributed by atoms with Gasteiger partial charge in [0.25, 0.3) is 5.91 Å². The lowest BCUT2D eigenvalue weighted by Crippen LogP contribution is -2.37. The van der Waals surface area contributed by atoms with Crippen LogP contribution in [0.25, 0.3) is 0 Å². The van der Waals surface area contributed by atoms with E-state index in [2.05, 4.69) is 25.7 Å². The Bertz CT molecular complexity index is 820. The molecule has 0 aliphatic heterocycles. The van der Waals surface area contributed by atoms with Crippen molar-refractivity contribution in [3.05, 3.63) is 53.9 Å². The van der Waals surface area contributed by atoms with Crippen LogP contribution < -0.4 is 0 Å². The van der Waals surface area contributed by atoms with E-state index in [4.69, 9.17) is 9.26 Å². The predicted molar refractivity (Wildman–Crippen MR) is 88.5 cm³/mol. The first kappa shape index (κ1) is 17.7. The first-order valence-corrected chi connectivity index (χ1v) is 8.09. The average Bonchev–Trinajstić information content (AvgIpc) is 3.33. The molecule has 136 valence electrons. The number of nitrogens with zero attached hydrogens (tertiary/aromatic N) is 7. The van der Waals surface area contributed by atoms with Crippen molar-refractivity contribution >= 4 is 5.91 Å². The zero-order chi connectivity index (χ0) is 18.4. The fraction of sp³-hybridized carbons (Fsp3) is 0.375. The highest BCUT2D eigenvalue weighted by Gasteiger charge is 2.29. The smallest absolute Gasteiger partial charge is 0.252 e. The summed E-state index contributed by atoms with van der Waals surface area (Å²) < 4.78 is 11.6. The highest BCUT2D eigenvalue weighted by molar-refractivity contribution is 5.83. The van der Waals surface area contributed by atoms with Gasteiger partial charge < -0.3 is 14.2 Å². The van der Waals surface area contributed by atoms with E-state index in [9.17, 15) is 4.79 Å². The molecule has 0 radical (unpaired) electrons. The number of aromatic nitrogens is 6. The molecule has 1 atom stereocenters. The Hall–Kier alpha value is -3.14. The van der Waals surface area contributed by atoms with E-state index in [-0.39, 0.29) is 19.1 Å². The third kappa shape index (κ3) is 3.91. The Labute approximate surface area is 149 Å². The first-order chi connectivity index (χ1) is 12.7. The van der Waals surface area contributed by atoms with Gasteiger partial charge in [-0.3, -0.25) is 4.79 Å². The van der Waals surface area contributed by atoms with E-state index in [1.807, 2.05) is 37.3 Å². The second kappa shape index (κ2) is 8.30. The minimum absolute atomic E-state index is 0.169. The van der Waals surface area contributed by atoms with Crippen LogP contribution in [0.15, 0.2) is 41.2 Å². The van der Waals surface area contributed by atoms with Gasteiger partial charge in [-0.15, -0.1) is 5.10 Å². The van der Waals surface area contributed by atoms with Crippen molar-refractivity contribution in [2.45, 2.75) is 26.1 Å². The van der Waals surface area contributed by atoms with Gasteiger partial charge in [0.15, 0.2) is 11.9 Å². The van der Waals surface area contributed by atoms with Crippen molar-refractivity contribution in [2.75, 3.05) is 13.7 Å². The largest absolute Gasteiger partial charge is 0.377 e. The summed E-state index contributed by atoms with van der Waals surface area (Å²) in [6.45, 7) is 2.79. The zero-order valence-corrected chi connectivity index (χ0v) is 14.5. The molecule has 1 amide bonds.